The van der Waals surface area contributed by atoms with Crippen LogP contribution in [0.25, 0.3) is 0 Å². The van der Waals surface area contributed by atoms with Gasteiger partial charge in [0.05, 0.1) is 5.92 Å². The number of benzene rings is 2. The normalized spacial score (nSPS) is 20.1. The molecule has 2 aromatic carbocycles. The minimum Gasteiger partial charge on any atom is -0.492 e. The number of para-hydroxylation sites is 1. The molecule has 0 saturated carbocycles. The lowest BCUT2D eigenvalue weighted by Gasteiger charge is -2.36. The number of amides is 1. The summed E-state index contributed by atoms with van der Waals surface area (Å²) in [5, 5.41) is 0. The summed E-state index contributed by atoms with van der Waals surface area (Å²) in [4.78, 5) is 17.5. The van der Waals surface area contributed by atoms with E-state index in [1.165, 1.54) is 11.1 Å². The molecule has 1 saturated heterocycles. The highest BCUT2D eigenvalue weighted by Gasteiger charge is 2.30. The van der Waals surface area contributed by atoms with Crippen LogP contribution in [0.4, 0.5) is 0 Å². The van der Waals surface area contributed by atoms with E-state index in [9.17, 15) is 4.79 Å². The quantitative estimate of drug-likeness (QED) is 0.816. The molecule has 2 heterocycles. The number of ether oxygens (including phenoxy) is 1. The molecule has 1 atom stereocenters. The van der Waals surface area contributed by atoms with Crippen LogP contribution < -0.4 is 4.74 Å². The van der Waals surface area contributed by atoms with E-state index in [0.29, 0.717) is 12.5 Å². The van der Waals surface area contributed by atoms with E-state index in [4.69, 9.17) is 4.74 Å². The largest absolute Gasteiger partial charge is 0.492 e. The van der Waals surface area contributed by atoms with Gasteiger partial charge in [-0.05, 0) is 49.1 Å². The zero-order valence-corrected chi connectivity index (χ0v) is 15.8. The molecule has 0 aliphatic carbocycles. The van der Waals surface area contributed by atoms with Gasteiger partial charge in [0.15, 0.2) is 0 Å². The molecule has 1 unspecified atom stereocenters. The first kappa shape index (κ1) is 18.1. The third kappa shape index (κ3) is 4.51. The van der Waals surface area contributed by atoms with Gasteiger partial charge < -0.3 is 9.64 Å². The molecule has 0 bridgehead atoms. The summed E-state index contributed by atoms with van der Waals surface area (Å²) in [5.74, 6) is 1.37. The summed E-state index contributed by atoms with van der Waals surface area (Å²) in [6.45, 7) is 5.08. The van der Waals surface area contributed by atoms with Gasteiger partial charge in [0.1, 0.15) is 12.4 Å². The Hall–Kier alpha value is -2.33. The van der Waals surface area contributed by atoms with Crippen molar-refractivity contribution in [3.63, 3.8) is 0 Å². The minimum absolute atomic E-state index is 0.126. The number of hydrogen-bond donors (Lipinski definition) is 0. The van der Waals surface area contributed by atoms with Crippen molar-refractivity contribution in [1.29, 1.82) is 0 Å². The topological polar surface area (TPSA) is 32.8 Å². The highest BCUT2D eigenvalue weighted by molar-refractivity contribution is 5.79. The van der Waals surface area contributed by atoms with Crippen molar-refractivity contribution in [2.24, 2.45) is 5.92 Å². The van der Waals surface area contributed by atoms with Gasteiger partial charge in [-0.3, -0.25) is 9.69 Å². The van der Waals surface area contributed by atoms with Crippen molar-refractivity contribution in [1.82, 2.24) is 9.80 Å². The molecule has 1 fully saturated rings. The van der Waals surface area contributed by atoms with E-state index in [2.05, 4.69) is 34.1 Å². The Bertz CT molecular complexity index is 762. The molecule has 0 aromatic heterocycles. The molecule has 2 aliphatic heterocycles. The Morgan fingerprint density at radius 2 is 1.78 bits per heavy atom. The van der Waals surface area contributed by atoms with Crippen LogP contribution in [-0.4, -0.2) is 48.5 Å². The molecule has 0 N–H and O–H groups in total. The number of fused-ring (bicyclic) bond motifs is 1. The van der Waals surface area contributed by atoms with Gasteiger partial charge in [-0.1, -0.05) is 42.5 Å². The Morgan fingerprint density at radius 3 is 2.63 bits per heavy atom. The molecule has 1 amide bonds. The number of carbonyl (C=O) groups is 1. The van der Waals surface area contributed by atoms with E-state index in [1.54, 1.807) is 0 Å². The number of carbonyl (C=O) groups excluding carboxylic acids is 1. The molecule has 2 aliphatic rings. The number of rotatable bonds is 5. The van der Waals surface area contributed by atoms with Gasteiger partial charge in [-0.2, -0.15) is 0 Å². The van der Waals surface area contributed by atoms with Crippen molar-refractivity contribution >= 4 is 5.91 Å². The molecule has 27 heavy (non-hydrogen) atoms. The summed E-state index contributed by atoms with van der Waals surface area (Å²) in [6.07, 6.45) is 3.07. The van der Waals surface area contributed by atoms with Crippen LogP contribution in [0, 0.1) is 5.92 Å². The predicted octanol–water partition coefficient (Wildman–Crippen LogP) is 3.36. The van der Waals surface area contributed by atoms with E-state index in [-0.39, 0.29) is 5.92 Å². The molecule has 142 valence electrons. The summed E-state index contributed by atoms with van der Waals surface area (Å²) >= 11 is 0. The zero-order chi connectivity index (χ0) is 18.5. The lowest BCUT2D eigenvalue weighted by molar-refractivity contribution is -0.138. The van der Waals surface area contributed by atoms with Crippen molar-refractivity contribution in [2.45, 2.75) is 25.8 Å². The highest BCUT2D eigenvalue weighted by Crippen LogP contribution is 2.24. The summed E-state index contributed by atoms with van der Waals surface area (Å²) < 4.78 is 5.82. The fraction of sp³-hybridized carbons (Fsp3) is 0.435. The molecular weight excluding hydrogens is 336 g/mol. The monoisotopic (exact) mass is 364 g/mol. The summed E-state index contributed by atoms with van der Waals surface area (Å²) in [6, 6.07) is 18.4. The first-order chi connectivity index (χ1) is 13.3. The van der Waals surface area contributed by atoms with Gasteiger partial charge >= 0.3 is 0 Å². The SMILES string of the molecule is O=C(C1CCCN(CCOc2ccccc2)C1)N1CCc2ccccc2C1. The van der Waals surface area contributed by atoms with Gasteiger partial charge in [0, 0.05) is 26.2 Å². The molecule has 0 radical (unpaired) electrons. The number of piperidine rings is 1. The van der Waals surface area contributed by atoms with Gasteiger partial charge in [-0.25, -0.2) is 0 Å². The van der Waals surface area contributed by atoms with Crippen molar-refractivity contribution in [3.05, 3.63) is 65.7 Å². The number of hydrogen-bond acceptors (Lipinski definition) is 3. The molecule has 4 nitrogen and oxygen atoms in total. The number of likely N-dealkylation sites (tertiary alicyclic amines) is 1. The van der Waals surface area contributed by atoms with E-state index in [1.807, 2.05) is 30.3 Å². The lowest BCUT2D eigenvalue weighted by Crippen LogP contribution is -2.47. The molecule has 2 aromatic rings. The fourth-order valence-electron chi connectivity index (χ4n) is 4.21. The lowest BCUT2D eigenvalue weighted by atomic mass is 9.94. The molecule has 0 spiro atoms. The maximum atomic E-state index is 13.1. The second-order valence-corrected chi connectivity index (χ2v) is 7.58. The van der Waals surface area contributed by atoms with E-state index >= 15 is 0 Å². The standard InChI is InChI=1S/C23H28N2O2/c26-23(25-14-12-19-7-4-5-8-20(19)18-25)21-9-6-13-24(17-21)15-16-27-22-10-2-1-3-11-22/h1-5,7-8,10-11,21H,6,9,12-18H2. The smallest absolute Gasteiger partial charge is 0.227 e. The maximum absolute atomic E-state index is 13.1. The maximum Gasteiger partial charge on any atom is 0.227 e. The first-order valence-electron chi connectivity index (χ1n) is 10.1. The third-order valence-corrected chi connectivity index (χ3v) is 5.72. The van der Waals surface area contributed by atoms with Gasteiger partial charge in [0.25, 0.3) is 0 Å². The fourth-order valence-corrected chi connectivity index (χ4v) is 4.21. The Kier molecular flexibility index (Phi) is 5.73. The van der Waals surface area contributed by atoms with Crippen LogP contribution in [0.3, 0.4) is 0 Å². The average Bonchev–Trinajstić information content (AvgIpc) is 2.74. The Labute approximate surface area is 161 Å². The number of nitrogens with zero attached hydrogens (tertiary/aromatic N) is 2. The highest BCUT2D eigenvalue weighted by atomic mass is 16.5. The summed E-state index contributed by atoms with van der Waals surface area (Å²) in [5.41, 5.74) is 2.70. The minimum atomic E-state index is 0.126. The van der Waals surface area contributed by atoms with Crippen LogP contribution in [0.5, 0.6) is 5.75 Å². The third-order valence-electron chi connectivity index (χ3n) is 5.72. The van der Waals surface area contributed by atoms with Crippen LogP contribution >= 0.6 is 0 Å². The van der Waals surface area contributed by atoms with Crippen LogP contribution in [0.15, 0.2) is 54.6 Å². The van der Waals surface area contributed by atoms with Crippen LogP contribution in [0.1, 0.15) is 24.0 Å². The second-order valence-electron chi connectivity index (χ2n) is 7.58. The first-order valence-corrected chi connectivity index (χ1v) is 10.1. The van der Waals surface area contributed by atoms with Crippen molar-refractivity contribution < 1.29 is 9.53 Å². The van der Waals surface area contributed by atoms with Crippen molar-refractivity contribution in [3.8, 4) is 5.75 Å². The van der Waals surface area contributed by atoms with E-state index in [0.717, 1.165) is 57.7 Å². The van der Waals surface area contributed by atoms with Crippen LogP contribution in [-0.2, 0) is 17.8 Å². The Morgan fingerprint density at radius 1 is 1.00 bits per heavy atom. The van der Waals surface area contributed by atoms with Crippen molar-refractivity contribution in [2.75, 3.05) is 32.8 Å². The molecule has 4 heteroatoms. The van der Waals surface area contributed by atoms with Gasteiger partial charge in [-0.15, -0.1) is 0 Å². The molecular formula is C23H28N2O2. The zero-order valence-electron chi connectivity index (χ0n) is 15.8. The van der Waals surface area contributed by atoms with E-state index < -0.39 is 0 Å². The van der Waals surface area contributed by atoms with Gasteiger partial charge in [0.2, 0.25) is 5.91 Å². The Balaban J connectivity index is 1.28. The predicted molar refractivity (Wildman–Crippen MR) is 107 cm³/mol. The second kappa shape index (κ2) is 8.57. The molecule has 4 rings (SSSR count). The van der Waals surface area contributed by atoms with Crippen LogP contribution in [0.2, 0.25) is 0 Å². The summed E-state index contributed by atoms with van der Waals surface area (Å²) in [7, 11) is 0. The average molecular weight is 364 g/mol.